The number of ether oxygens (including phenoxy) is 1. The van der Waals surface area contributed by atoms with Gasteiger partial charge in [0.25, 0.3) is 0 Å². The van der Waals surface area contributed by atoms with Crippen LogP contribution in [0.4, 0.5) is 29.3 Å². The van der Waals surface area contributed by atoms with Crippen molar-refractivity contribution in [1.29, 1.82) is 0 Å². The molecule has 2 aromatic carbocycles. The number of amides is 3. The molecule has 9 heteroatoms. The fourth-order valence-corrected chi connectivity index (χ4v) is 4.64. The van der Waals surface area contributed by atoms with Crippen molar-refractivity contribution in [2.75, 3.05) is 10.6 Å². The summed E-state index contributed by atoms with van der Waals surface area (Å²) in [4.78, 5) is 27.0. The number of halogens is 3. The second kappa shape index (κ2) is 9.52. The van der Waals surface area contributed by atoms with Crippen molar-refractivity contribution in [3.05, 3.63) is 59.2 Å². The van der Waals surface area contributed by atoms with E-state index in [0.717, 1.165) is 17.7 Å². The van der Waals surface area contributed by atoms with Crippen LogP contribution in [0.15, 0.2) is 42.5 Å². The maximum atomic E-state index is 13.3. The van der Waals surface area contributed by atoms with E-state index in [2.05, 4.69) is 10.6 Å². The summed E-state index contributed by atoms with van der Waals surface area (Å²) in [7, 11) is 0. The number of anilines is 2. The van der Waals surface area contributed by atoms with E-state index in [0.29, 0.717) is 48.3 Å². The predicted octanol–water partition coefficient (Wildman–Crippen LogP) is 6.82. The van der Waals surface area contributed by atoms with Gasteiger partial charge in [0.2, 0.25) is 5.91 Å². The Kier molecular flexibility index (Phi) is 6.77. The van der Waals surface area contributed by atoms with E-state index >= 15 is 0 Å². The number of nitrogens with one attached hydrogen (secondary N) is 2. The van der Waals surface area contributed by atoms with E-state index < -0.39 is 23.2 Å². The van der Waals surface area contributed by atoms with Gasteiger partial charge in [0.1, 0.15) is 11.4 Å². The maximum absolute atomic E-state index is 13.3. The average Bonchev–Trinajstić information content (AvgIpc) is 2.82. The summed E-state index contributed by atoms with van der Waals surface area (Å²) in [5.41, 5.74) is 1.68. The zero-order valence-electron chi connectivity index (χ0n) is 20.8. The average molecular weight is 502 g/mol. The Labute approximate surface area is 208 Å². The van der Waals surface area contributed by atoms with E-state index in [-0.39, 0.29) is 17.8 Å². The zero-order chi connectivity index (χ0) is 26.3. The van der Waals surface area contributed by atoms with Crippen molar-refractivity contribution in [2.24, 2.45) is 0 Å². The molecule has 0 unspecified atom stereocenters. The SMILES string of the molecule is CCC1(CC)C/C(=C\C(=O)Nc2ccc3c(c2)NC(=O)N(C(C)C)C3)c2ccc(C(F)(F)F)cc2O1. The lowest BCUT2D eigenvalue weighted by Gasteiger charge is -2.39. The Morgan fingerprint density at radius 1 is 1.19 bits per heavy atom. The lowest BCUT2D eigenvalue weighted by Crippen LogP contribution is -2.42. The highest BCUT2D eigenvalue weighted by Crippen LogP contribution is 2.45. The number of hydrogen-bond acceptors (Lipinski definition) is 3. The Morgan fingerprint density at radius 3 is 2.56 bits per heavy atom. The summed E-state index contributed by atoms with van der Waals surface area (Å²) in [6.07, 6.45) is -1.51. The monoisotopic (exact) mass is 501 g/mol. The Hall–Kier alpha value is -3.49. The van der Waals surface area contributed by atoms with Crippen LogP contribution in [-0.4, -0.2) is 28.5 Å². The van der Waals surface area contributed by atoms with Crippen LogP contribution in [0.1, 0.15) is 63.6 Å². The zero-order valence-corrected chi connectivity index (χ0v) is 20.8. The summed E-state index contributed by atoms with van der Waals surface area (Å²) in [6, 6.07) is 8.56. The molecule has 0 spiro atoms. The summed E-state index contributed by atoms with van der Waals surface area (Å²) in [5.74, 6) is -0.283. The van der Waals surface area contributed by atoms with Crippen molar-refractivity contribution < 1.29 is 27.5 Å². The van der Waals surface area contributed by atoms with E-state index in [1.165, 1.54) is 12.1 Å². The van der Waals surface area contributed by atoms with E-state index in [4.69, 9.17) is 4.74 Å². The molecule has 0 atom stereocenters. The molecule has 2 N–H and O–H groups in total. The smallest absolute Gasteiger partial charge is 0.416 e. The van der Waals surface area contributed by atoms with E-state index in [9.17, 15) is 22.8 Å². The summed E-state index contributed by atoms with van der Waals surface area (Å²) < 4.78 is 46.0. The molecule has 0 radical (unpaired) electrons. The first-order chi connectivity index (χ1) is 16.9. The van der Waals surface area contributed by atoms with Gasteiger partial charge in [0, 0.05) is 42.0 Å². The van der Waals surface area contributed by atoms with Gasteiger partial charge >= 0.3 is 12.2 Å². The molecule has 4 rings (SSSR count). The molecular weight excluding hydrogens is 471 g/mol. The van der Waals surface area contributed by atoms with Crippen LogP contribution in [0.3, 0.4) is 0 Å². The fraction of sp³-hybridized carbons (Fsp3) is 0.407. The van der Waals surface area contributed by atoms with E-state index in [1.807, 2.05) is 33.8 Å². The van der Waals surface area contributed by atoms with Gasteiger partial charge in [-0.05, 0) is 62.1 Å². The third kappa shape index (κ3) is 5.05. The molecule has 0 bridgehead atoms. The van der Waals surface area contributed by atoms with E-state index in [1.54, 1.807) is 17.0 Å². The number of carbonyl (C=O) groups excluding carboxylic acids is 2. The first-order valence-electron chi connectivity index (χ1n) is 12.1. The third-order valence-electron chi connectivity index (χ3n) is 6.93. The van der Waals surface area contributed by atoms with Gasteiger partial charge in [-0.15, -0.1) is 0 Å². The van der Waals surface area contributed by atoms with Crippen LogP contribution >= 0.6 is 0 Å². The topological polar surface area (TPSA) is 70.7 Å². The number of fused-ring (bicyclic) bond motifs is 2. The largest absolute Gasteiger partial charge is 0.486 e. The Bertz CT molecular complexity index is 1220. The van der Waals surface area contributed by atoms with Crippen molar-refractivity contribution in [3.63, 3.8) is 0 Å². The van der Waals surface area contributed by atoms with Crippen LogP contribution in [0.5, 0.6) is 5.75 Å². The number of rotatable bonds is 5. The number of hydrogen-bond donors (Lipinski definition) is 2. The second-order valence-corrected chi connectivity index (χ2v) is 9.56. The first kappa shape index (κ1) is 25.6. The van der Waals surface area contributed by atoms with Crippen molar-refractivity contribution in [1.82, 2.24) is 4.90 Å². The van der Waals surface area contributed by atoms with Gasteiger partial charge in [0.15, 0.2) is 0 Å². The summed E-state index contributed by atoms with van der Waals surface area (Å²) in [6.45, 7) is 8.20. The third-order valence-corrected chi connectivity index (χ3v) is 6.93. The van der Waals surface area contributed by atoms with Crippen molar-refractivity contribution >= 4 is 28.9 Å². The number of carbonyl (C=O) groups is 2. The molecule has 0 aromatic heterocycles. The van der Waals surface area contributed by atoms with Gasteiger partial charge < -0.3 is 20.3 Å². The predicted molar refractivity (Wildman–Crippen MR) is 133 cm³/mol. The van der Waals surface area contributed by atoms with Crippen molar-refractivity contribution in [2.45, 2.75) is 71.3 Å². The highest BCUT2D eigenvalue weighted by Gasteiger charge is 2.38. The molecule has 0 fully saturated rings. The molecule has 3 amide bonds. The minimum atomic E-state index is -4.49. The molecule has 2 aliphatic rings. The minimum Gasteiger partial charge on any atom is -0.486 e. The molecule has 2 heterocycles. The molecule has 0 saturated carbocycles. The normalized spacial score (nSPS) is 17.8. The van der Waals surface area contributed by atoms with Crippen LogP contribution in [0, 0.1) is 0 Å². The minimum absolute atomic E-state index is 0.0528. The van der Waals surface area contributed by atoms with Gasteiger partial charge in [0.05, 0.1) is 5.56 Å². The molecule has 6 nitrogen and oxygen atoms in total. The quantitative estimate of drug-likeness (QED) is 0.442. The van der Waals surface area contributed by atoms with Crippen molar-refractivity contribution in [3.8, 4) is 5.75 Å². The molecule has 36 heavy (non-hydrogen) atoms. The fourth-order valence-electron chi connectivity index (χ4n) is 4.64. The maximum Gasteiger partial charge on any atom is 0.416 e. The number of alkyl halides is 3. The van der Waals surface area contributed by atoms with Gasteiger partial charge in [-0.3, -0.25) is 4.79 Å². The Balaban J connectivity index is 1.61. The standard InChI is InChI=1S/C27H30F3N3O3/c1-5-26(6-2)14-18(21-10-8-19(27(28,29)30)12-23(21)36-26)11-24(34)31-20-9-7-17-15-33(16(3)4)25(35)32-22(17)13-20/h7-13,16H,5-6,14-15H2,1-4H3,(H,31,34)(H,32,35)/b18-11+. The van der Waals surface area contributed by atoms with Gasteiger partial charge in [-0.25, -0.2) is 4.79 Å². The number of urea groups is 1. The van der Waals surface area contributed by atoms with Crippen LogP contribution in [0.2, 0.25) is 0 Å². The Morgan fingerprint density at radius 2 is 1.92 bits per heavy atom. The lowest BCUT2D eigenvalue weighted by atomic mass is 9.83. The number of benzene rings is 2. The molecule has 192 valence electrons. The molecule has 2 aliphatic heterocycles. The molecule has 0 aliphatic carbocycles. The molecule has 0 saturated heterocycles. The van der Waals surface area contributed by atoms with Crippen LogP contribution in [0.25, 0.3) is 5.57 Å². The molecular formula is C27H30F3N3O3. The van der Waals surface area contributed by atoms with Gasteiger partial charge in [-0.2, -0.15) is 13.2 Å². The highest BCUT2D eigenvalue weighted by molar-refractivity contribution is 6.05. The van der Waals surface area contributed by atoms with Crippen LogP contribution < -0.4 is 15.4 Å². The van der Waals surface area contributed by atoms with Gasteiger partial charge in [-0.1, -0.05) is 26.0 Å². The number of nitrogens with zero attached hydrogens (tertiary/aromatic N) is 1. The lowest BCUT2D eigenvalue weighted by molar-refractivity contribution is -0.137. The summed E-state index contributed by atoms with van der Waals surface area (Å²) >= 11 is 0. The highest BCUT2D eigenvalue weighted by atomic mass is 19.4. The summed E-state index contributed by atoms with van der Waals surface area (Å²) in [5, 5.41) is 5.67. The molecule has 2 aromatic rings. The first-order valence-corrected chi connectivity index (χ1v) is 12.1. The second-order valence-electron chi connectivity index (χ2n) is 9.56. The van der Waals surface area contributed by atoms with Crippen LogP contribution in [-0.2, 0) is 17.5 Å².